The lowest BCUT2D eigenvalue weighted by Crippen LogP contribution is -2.16. The zero-order chi connectivity index (χ0) is 16.0. The lowest BCUT2D eigenvalue weighted by Gasteiger charge is -2.01. The topological polar surface area (TPSA) is 41.5 Å². The molecule has 0 saturated carbocycles. The van der Waals surface area contributed by atoms with Crippen LogP contribution in [0.1, 0.15) is 64.4 Å². The Balaban J connectivity index is 2.19. The van der Waals surface area contributed by atoms with E-state index in [9.17, 15) is 4.79 Å². The second-order valence-electron chi connectivity index (χ2n) is 5.61. The lowest BCUT2D eigenvalue weighted by atomic mass is 10.1. The van der Waals surface area contributed by atoms with Crippen molar-refractivity contribution in [3.05, 3.63) is 41.5 Å². The number of nitrogens with zero attached hydrogens (tertiary/aromatic N) is 1. The van der Waals surface area contributed by atoms with E-state index in [1.165, 1.54) is 25.7 Å². The molecule has 0 heterocycles. The fourth-order valence-electron chi connectivity index (χ4n) is 2.18. The van der Waals surface area contributed by atoms with Crippen LogP contribution in [0.15, 0.2) is 41.0 Å². The summed E-state index contributed by atoms with van der Waals surface area (Å²) in [5, 5.41) is 4.00. The molecule has 3 nitrogen and oxygen atoms in total. The number of hydrazone groups is 1. The molecule has 0 aliphatic rings. The molecule has 3 heteroatoms. The highest BCUT2D eigenvalue weighted by molar-refractivity contribution is 5.86. The molecule has 0 aliphatic carbocycles. The maximum atomic E-state index is 11.6. The largest absolute Gasteiger partial charge is 0.273 e. The Morgan fingerprint density at radius 1 is 1.09 bits per heavy atom. The van der Waals surface area contributed by atoms with Crippen LogP contribution in [0.2, 0.25) is 0 Å². The Kier molecular flexibility index (Phi) is 9.67. The van der Waals surface area contributed by atoms with E-state index in [0.717, 1.165) is 24.0 Å². The van der Waals surface area contributed by atoms with Gasteiger partial charge in [-0.05, 0) is 24.5 Å². The molecule has 0 aromatic heterocycles. The van der Waals surface area contributed by atoms with Crippen LogP contribution in [0.3, 0.4) is 0 Å². The fraction of sp³-hybridized carbons (Fsp3) is 0.474. The van der Waals surface area contributed by atoms with E-state index < -0.39 is 0 Å². The van der Waals surface area contributed by atoms with Gasteiger partial charge in [0.1, 0.15) is 0 Å². The first-order valence-electron chi connectivity index (χ1n) is 8.27. The van der Waals surface area contributed by atoms with Gasteiger partial charge in [-0.15, -0.1) is 0 Å². The van der Waals surface area contributed by atoms with Gasteiger partial charge in [0, 0.05) is 6.42 Å². The summed E-state index contributed by atoms with van der Waals surface area (Å²) >= 11 is 0. The summed E-state index contributed by atoms with van der Waals surface area (Å²) in [6.07, 6.45) is 11.4. The molecule has 1 N–H and O–H groups in total. The standard InChI is InChI=1S/C19H28N2O/c1-3-4-5-6-7-11-14-19(22)21-20-16-17(2)15-18-12-9-8-10-13-18/h8-10,12-13,15-16H,3-7,11,14H2,1-2H3,(H,21,22). The molecule has 0 unspecified atom stereocenters. The number of hydrogen-bond acceptors (Lipinski definition) is 2. The third-order valence-electron chi connectivity index (χ3n) is 3.41. The normalized spacial score (nSPS) is 11.8. The van der Waals surface area contributed by atoms with E-state index >= 15 is 0 Å². The number of carbonyl (C=O) groups is 1. The Morgan fingerprint density at radius 2 is 1.77 bits per heavy atom. The quantitative estimate of drug-likeness (QED) is 0.371. The van der Waals surface area contributed by atoms with Gasteiger partial charge in [0.25, 0.3) is 0 Å². The van der Waals surface area contributed by atoms with Crippen molar-refractivity contribution in [1.82, 2.24) is 5.43 Å². The smallest absolute Gasteiger partial charge is 0.240 e. The summed E-state index contributed by atoms with van der Waals surface area (Å²) in [6.45, 7) is 4.18. The van der Waals surface area contributed by atoms with E-state index in [0.29, 0.717) is 6.42 Å². The molecule has 1 amide bonds. The molecular formula is C19H28N2O. The zero-order valence-corrected chi connectivity index (χ0v) is 13.8. The Morgan fingerprint density at radius 3 is 2.50 bits per heavy atom. The van der Waals surface area contributed by atoms with E-state index in [2.05, 4.69) is 17.5 Å². The van der Waals surface area contributed by atoms with Crippen molar-refractivity contribution >= 4 is 18.2 Å². The van der Waals surface area contributed by atoms with Gasteiger partial charge in [0.05, 0.1) is 6.21 Å². The molecule has 0 bridgehead atoms. The number of amides is 1. The molecule has 0 radical (unpaired) electrons. The van der Waals surface area contributed by atoms with Gasteiger partial charge < -0.3 is 0 Å². The molecule has 22 heavy (non-hydrogen) atoms. The molecule has 1 aromatic rings. The van der Waals surface area contributed by atoms with Gasteiger partial charge in [0.15, 0.2) is 0 Å². The predicted octanol–water partition coefficient (Wildman–Crippen LogP) is 4.94. The van der Waals surface area contributed by atoms with Crippen LogP contribution in [-0.2, 0) is 4.79 Å². The predicted molar refractivity (Wildman–Crippen MR) is 94.7 cm³/mol. The highest BCUT2D eigenvalue weighted by Gasteiger charge is 1.98. The minimum atomic E-state index is -0.000692. The molecule has 1 aromatic carbocycles. The highest BCUT2D eigenvalue weighted by atomic mass is 16.2. The van der Waals surface area contributed by atoms with Crippen LogP contribution in [-0.4, -0.2) is 12.1 Å². The number of unbranched alkanes of at least 4 members (excludes halogenated alkanes) is 5. The van der Waals surface area contributed by atoms with Gasteiger partial charge >= 0.3 is 0 Å². The Labute approximate surface area is 134 Å². The van der Waals surface area contributed by atoms with Crippen molar-refractivity contribution < 1.29 is 4.79 Å². The molecule has 0 aliphatic heterocycles. The fourth-order valence-corrected chi connectivity index (χ4v) is 2.18. The van der Waals surface area contributed by atoms with Crippen LogP contribution in [0.4, 0.5) is 0 Å². The number of allylic oxidation sites excluding steroid dienone is 1. The SMILES string of the molecule is CCCCCCCCC(=O)NN=CC(C)=Cc1ccccc1. The average molecular weight is 300 g/mol. The molecule has 0 fully saturated rings. The highest BCUT2D eigenvalue weighted by Crippen LogP contribution is 2.07. The first-order valence-corrected chi connectivity index (χ1v) is 8.27. The average Bonchev–Trinajstić information content (AvgIpc) is 2.51. The van der Waals surface area contributed by atoms with Crippen molar-refractivity contribution in [2.75, 3.05) is 0 Å². The van der Waals surface area contributed by atoms with Gasteiger partial charge in [-0.2, -0.15) is 5.10 Å². The van der Waals surface area contributed by atoms with Crippen molar-refractivity contribution in [1.29, 1.82) is 0 Å². The van der Waals surface area contributed by atoms with Crippen molar-refractivity contribution in [3.63, 3.8) is 0 Å². The van der Waals surface area contributed by atoms with Crippen molar-refractivity contribution in [2.45, 2.75) is 58.8 Å². The van der Waals surface area contributed by atoms with Gasteiger partial charge in [-0.3, -0.25) is 4.79 Å². The first-order chi connectivity index (χ1) is 10.7. The van der Waals surface area contributed by atoms with Crippen molar-refractivity contribution in [3.8, 4) is 0 Å². The Bertz CT molecular complexity index is 477. The Hall–Kier alpha value is -1.90. The summed E-state index contributed by atoms with van der Waals surface area (Å²) in [5.41, 5.74) is 4.73. The van der Waals surface area contributed by atoms with Crippen LogP contribution in [0.5, 0.6) is 0 Å². The second kappa shape index (κ2) is 11.7. The summed E-state index contributed by atoms with van der Waals surface area (Å²) in [4.78, 5) is 11.6. The first kappa shape index (κ1) is 18.1. The van der Waals surface area contributed by atoms with Gasteiger partial charge in [-0.1, -0.05) is 75.4 Å². The van der Waals surface area contributed by atoms with Crippen LogP contribution in [0.25, 0.3) is 6.08 Å². The number of nitrogens with one attached hydrogen (secondary N) is 1. The minimum absolute atomic E-state index is 0.000692. The summed E-state index contributed by atoms with van der Waals surface area (Å²) in [6, 6.07) is 10.1. The van der Waals surface area contributed by atoms with Crippen LogP contribution < -0.4 is 5.43 Å². The molecule has 0 saturated heterocycles. The molecular weight excluding hydrogens is 272 g/mol. The molecule has 0 spiro atoms. The lowest BCUT2D eigenvalue weighted by molar-refractivity contribution is -0.121. The number of carbonyl (C=O) groups excluding carboxylic acids is 1. The summed E-state index contributed by atoms with van der Waals surface area (Å²) < 4.78 is 0. The maximum absolute atomic E-state index is 11.6. The van der Waals surface area contributed by atoms with Crippen molar-refractivity contribution in [2.24, 2.45) is 5.10 Å². The monoisotopic (exact) mass is 300 g/mol. The van der Waals surface area contributed by atoms with E-state index in [4.69, 9.17) is 0 Å². The van der Waals surface area contributed by atoms with Crippen LogP contribution in [0, 0.1) is 0 Å². The third-order valence-corrected chi connectivity index (χ3v) is 3.41. The maximum Gasteiger partial charge on any atom is 0.240 e. The molecule has 120 valence electrons. The number of hydrogen-bond donors (Lipinski definition) is 1. The number of rotatable bonds is 10. The zero-order valence-electron chi connectivity index (χ0n) is 13.8. The summed E-state index contributed by atoms with van der Waals surface area (Å²) in [7, 11) is 0. The molecule has 0 atom stereocenters. The second-order valence-corrected chi connectivity index (χ2v) is 5.61. The van der Waals surface area contributed by atoms with Gasteiger partial charge in [-0.25, -0.2) is 5.43 Å². The van der Waals surface area contributed by atoms with Gasteiger partial charge in [0.2, 0.25) is 5.91 Å². The third kappa shape index (κ3) is 9.11. The van der Waals surface area contributed by atoms with E-state index in [1.54, 1.807) is 6.21 Å². The van der Waals surface area contributed by atoms with E-state index in [-0.39, 0.29) is 5.91 Å². The number of benzene rings is 1. The molecule has 1 rings (SSSR count). The van der Waals surface area contributed by atoms with Crippen LogP contribution >= 0.6 is 0 Å². The summed E-state index contributed by atoms with van der Waals surface area (Å²) in [5.74, 6) is -0.000692. The van der Waals surface area contributed by atoms with E-state index in [1.807, 2.05) is 43.3 Å². The minimum Gasteiger partial charge on any atom is -0.273 e.